The number of H-pyrrole nitrogens is 2. The molecule has 2 aliphatic heterocycles. The molecule has 2 N–H and O–H groups in total. The van der Waals surface area contributed by atoms with Gasteiger partial charge in [-0.1, -0.05) is 0 Å². The number of nitrogens with one attached hydrogen (secondary N) is 2. The van der Waals surface area contributed by atoms with Crippen LogP contribution in [0.3, 0.4) is 0 Å². The number of aromatic amines is 2. The molecule has 3 heterocycles. The Morgan fingerprint density at radius 1 is 1.27 bits per heavy atom. The van der Waals surface area contributed by atoms with E-state index in [4.69, 9.17) is 4.74 Å². The van der Waals surface area contributed by atoms with E-state index < -0.39 is 16.7 Å². The average molecular weight is 364 g/mol. The molecule has 1 aromatic heterocycles. The zero-order valence-corrected chi connectivity index (χ0v) is 14.9. The number of amides is 2. The number of carbonyl (C=O) groups excluding carboxylic acids is 2. The van der Waals surface area contributed by atoms with Gasteiger partial charge in [-0.15, -0.1) is 0 Å². The summed E-state index contributed by atoms with van der Waals surface area (Å²) in [5.74, 6) is -0.112. The van der Waals surface area contributed by atoms with Crippen molar-refractivity contribution >= 4 is 11.8 Å². The van der Waals surface area contributed by atoms with Crippen LogP contribution < -0.4 is 11.2 Å². The van der Waals surface area contributed by atoms with E-state index >= 15 is 0 Å². The lowest BCUT2D eigenvalue weighted by Crippen LogP contribution is -2.51. The van der Waals surface area contributed by atoms with Gasteiger partial charge in [0.15, 0.2) is 0 Å². The predicted octanol–water partition coefficient (Wildman–Crippen LogP) is -0.907. The Labute approximate surface area is 150 Å². The van der Waals surface area contributed by atoms with Crippen molar-refractivity contribution in [1.82, 2.24) is 19.8 Å². The second-order valence-electron chi connectivity index (χ2n) is 7.01. The molecule has 0 unspecified atom stereocenters. The van der Waals surface area contributed by atoms with Crippen molar-refractivity contribution in [2.45, 2.75) is 25.7 Å². The summed E-state index contributed by atoms with van der Waals surface area (Å²) in [6.07, 6.45) is 3.51. The number of piperidine rings is 1. The first-order valence-corrected chi connectivity index (χ1v) is 8.82. The highest BCUT2D eigenvalue weighted by Gasteiger charge is 2.49. The molecule has 1 atom stereocenters. The highest BCUT2D eigenvalue weighted by atomic mass is 16.5. The van der Waals surface area contributed by atoms with E-state index in [0.29, 0.717) is 32.7 Å². The summed E-state index contributed by atoms with van der Waals surface area (Å²) < 4.78 is 5.07. The SMILES string of the molecule is COCCN1CCC[C@]2(CCN(C(=O)Cc3c[nH]c(=O)[nH]c3=O)C2)C1=O. The van der Waals surface area contributed by atoms with Crippen LogP contribution in [0.15, 0.2) is 15.8 Å². The molecular weight excluding hydrogens is 340 g/mol. The smallest absolute Gasteiger partial charge is 0.325 e. The number of rotatable bonds is 5. The van der Waals surface area contributed by atoms with E-state index in [2.05, 4.69) is 9.97 Å². The molecule has 2 amide bonds. The molecule has 2 saturated heterocycles. The lowest BCUT2D eigenvalue weighted by atomic mass is 9.78. The van der Waals surface area contributed by atoms with Gasteiger partial charge in [-0.3, -0.25) is 19.4 Å². The highest BCUT2D eigenvalue weighted by Crippen LogP contribution is 2.40. The van der Waals surface area contributed by atoms with E-state index in [1.54, 1.807) is 12.0 Å². The van der Waals surface area contributed by atoms with Crippen molar-refractivity contribution in [2.75, 3.05) is 39.9 Å². The van der Waals surface area contributed by atoms with Crippen LogP contribution in [0, 0.1) is 5.41 Å². The summed E-state index contributed by atoms with van der Waals surface area (Å²) >= 11 is 0. The van der Waals surface area contributed by atoms with Gasteiger partial charge in [-0.2, -0.15) is 0 Å². The number of nitrogens with zero attached hydrogens (tertiary/aromatic N) is 2. The minimum absolute atomic E-state index is 0.0935. The van der Waals surface area contributed by atoms with Crippen molar-refractivity contribution in [3.05, 3.63) is 32.6 Å². The van der Waals surface area contributed by atoms with Crippen molar-refractivity contribution in [2.24, 2.45) is 5.41 Å². The summed E-state index contributed by atoms with van der Waals surface area (Å²) in [6.45, 7) is 2.68. The second-order valence-corrected chi connectivity index (χ2v) is 7.01. The van der Waals surface area contributed by atoms with E-state index in [9.17, 15) is 19.2 Å². The summed E-state index contributed by atoms with van der Waals surface area (Å²) in [4.78, 5) is 56.3. The number of hydrogen-bond acceptors (Lipinski definition) is 5. The van der Waals surface area contributed by atoms with Crippen LogP contribution in [0.2, 0.25) is 0 Å². The van der Waals surface area contributed by atoms with Gasteiger partial charge < -0.3 is 19.5 Å². The zero-order valence-electron chi connectivity index (χ0n) is 14.9. The lowest BCUT2D eigenvalue weighted by molar-refractivity contribution is -0.146. The van der Waals surface area contributed by atoms with Crippen LogP contribution in [-0.4, -0.2) is 71.5 Å². The number of likely N-dealkylation sites (tertiary alicyclic amines) is 2. The first-order valence-electron chi connectivity index (χ1n) is 8.82. The number of ether oxygens (including phenoxy) is 1. The largest absolute Gasteiger partial charge is 0.383 e. The minimum Gasteiger partial charge on any atom is -0.383 e. The molecule has 0 aliphatic carbocycles. The molecule has 26 heavy (non-hydrogen) atoms. The quantitative estimate of drug-likeness (QED) is 0.702. The van der Waals surface area contributed by atoms with E-state index in [1.165, 1.54) is 6.20 Å². The number of carbonyl (C=O) groups is 2. The normalized spacial score (nSPS) is 23.0. The Balaban J connectivity index is 1.67. The van der Waals surface area contributed by atoms with Crippen LogP contribution in [0.25, 0.3) is 0 Å². The highest BCUT2D eigenvalue weighted by molar-refractivity contribution is 5.86. The van der Waals surface area contributed by atoms with Gasteiger partial charge in [-0.25, -0.2) is 4.79 Å². The first kappa shape index (κ1) is 18.4. The topological polar surface area (TPSA) is 116 Å². The zero-order chi connectivity index (χ0) is 18.7. The fourth-order valence-electron chi connectivity index (χ4n) is 3.87. The maximum atomic E-state index is 12.9. The van der Waals surface area contributed by atoms with Crippen LogP contribution >= 0.6 is 0 Å². The molecule has 3 rings (SSSR count). The van der Waals surface area contributed by atoms with Gasteiger partial charge in [0, 0.05) is 45.0 Å². The van der Waals surface area contributed by atoms with Gasteiger partial charge in [-0.05, 0) is 19.3 Å². The first-order chi connectivity index (χ1) is 12.4. The Hall–Kier alpha value is -2.42. The van der Waals surface area contributed by atoms with E-state index in [0.717, 1.165) is 19.4 Å². The molecule has 0 radical (unpaired) electrons. The third kappa shape index (κ3) is 3.57. The van der Waals surface area contributed by atoms with Gasteiger partial charge in [0.2, 0.25) is 11.8 Å². The molecule has 2 fully saturated rings. The maximum absolute atomic E-state index is 12.9. The van der Waals surface area contributed by atoms with Crippen molar-refractivity contribution < 1.29 is 14.3 Å². The van der Waals surface area contributed by atoms with Crippen LogP contribution in [0.1, 0.15) is 24.8 Å². The van der Waals surface area contributed by atoms with E-state index in [1.807, 2.05) is 4.90 Å². The predicted molar refractivity (Wildman–Crippen MR) is 92.7 cm³/mol. The molecule has 142 valence electrons. The third-order valence-corrected chi connectivity index (χ3v) is 5.33. The summed E-state index contributed by atoms with van der Waals surface area (Å²) in [6, 6.07) is 0. The van der Waals surface area contributed by atoms with Crippen LogP contribution in [0.4, 0.5) is 0 Å². The van der Waals surface area contributed by atoms with E-state index in [-0.39, 0.29) is 23.8 Å². The molecule has 1 spiro atoms. The number of aromatic nitrogens is 2. The summed E-state index contributed by atoms with van der Waals surface area (Å²) in [5, 5.41) is 0. The monoisotopic (exact) mass is 364 g/mol. The molecule has 9 heteroatoms. The van der Waals surface area contributed by atoms with Crippen LogP contribution in [-0.2, 0) is 20.7 Å². The van der Waals surface area contributed by atoms with Gasteiger partial charge in [0.25, 0.3) is 5.56 Å². The second kappa shape index (κ2) is 7.45. The number of hydrogen-bond donors (Lipinski definition) is 2. The summed E-state index contributed by atoms with van der Waals surface area (Å²) in [7, 11) is 1.61. The molecule has 9 nitrogen and oxygen atoms in total. The van der Waals surface area contributed by atoms with Crippen molar-refractivity contribution in [3.8, 4) is 0 Å². The Morgan fingerprint density at radius 3 is 2.81 bits per heavy atom. The standard InChI is InChI=1S/C17H24N4O5/c1-26-8-7-20-5-2-3-17(15(20)24)4-6-21(11-17)13(22)9-12-10-18-16(25)19-14(12)23/h10H,2-9,11H2,1H3,(H2,18,19,23,25)/t17-/m1/s1. The Bertz CT molecular complexity index is 801. The van der Waals surface area contributed by atoms with Gasteiger partial charge >= 0.3 is 5.69 Å². The molecule has 1 aromatic rings. The lowest BCUT2D eigenvalue weighted by Gasteiger charge is -2.39. The number of methoxy groups -OCH3 is 1. The molecule has 0 saturated carbocycles. The van der Waals surface area contributed by atoms with Crippen LogP contribution in [0.5, 0.6) is 0 Å². The van der Waals surface area contributed by atoms with Gasteiger partial charge in [0.1, 0.15) is 0 Å². The Morgan fingerprint density at radius 2 is 2.08 bits per heavy atom. The Kier molecular flexibility index (Phi) is 5.26. The average Bonchev–Trinajstić information content (AvgIpc) is 3.04. The fraction of sp³-hybridized carbons (Fsp3) is 0.647. The minimum atomic E-state index is -0.602. The third-order valence-electron chi connectivity index (χ3n) is 5.33. The van der Waals surface area contributed by atoms with Gasteiger partial charge in [0.05, 0.1) is 18.4 Å². The maximum Gasteiger partial charge on any atom is 0.325 e. The van der Waals surface area contributed by atoms with Crippen molar-refractivity contribution in [1.29, 1.82) is 0 Å². The molecule has 0 bridgehead atoms. The molecule has 2 aliphatic rings. The summed E-state index contributed by atoms with van der Waals surface area (Å²) in [5.41, 5.74) is -1.46. The molecule has 0 aromatic carbocycles. The van der Waals surface area contributed by atoms with Crippen molar-refractivity contribution in [3.63, 3.8) is 0 Å². The molecular formula is C17H24N4O5. The fourth-order valence-corrected chi connectivity index (χ4v) is 3.87.